The Hall–Kier alpha value is -2.44. The lowest BCUT2D eigenvalue weighted by molar-refractivity contribution is -0.384. The first-order chi connectivity index (χ1) is 9.51. The number of nitro benzene ring substituents is 1. The number of rotatable bonds is 5. The highest BCUT2D eigenvalue weighted by Gasteiger charge is 2.14. The summed E-state index contributed by atoms with van der Waals surface area (Å²) in [6, 6.07) is 3.21. The highest BCUT2D eigenvalue weighted by Crippen LogP contribution is 2.25. The predicted octanol–water partition coefficient (Wildman–Crippen LogP) is 3.12. The van der Waals surface area contributed by atoms with E-state index < -0.39 is 10.7 Å². The normalized spacial score (nSPS) is 12.2. The van der Waals surface area contributed by atoms with Crippen LogP contribution >= 0.6 is 0 Å². The summed E-state index contributed by atoms with van der Waals surface area (Å²) in [6.45, 7) is 4.56. The smallest absolute Gasteiger partial charge is 0.271 e. The minimum absolute atomic E-state index is 0.107. The molecule has 1 N–H and O–H groups in total. The molecule has 0 aliphatic heterocycles. The number of non-ortho nitro benzene ring substituents is 1. The Morgan fingerprint density at radius 3 is 2.90 bits per heavy atom. The maximum atomic E-state index is 13.7. The summed E-state index contributed by atoms with van der Waals surface area (Å²) in [7, 11) is 0. The molecule has 0 radical (unpaired) electrons. The summed E-state index contributed by atoms with van der Waals surface area (Å²) >= 11 is 0. The van der Waals surface area contributed by atoms with E-state index in [1.54, 1.807) is 10.9 Å². The Morgan fingerprint density at radius 1 is 1.55 bits per heavy atom. The number of nitro groups is 1. The monoisotopic (exact) mass is 278 g/mol. The molecule has 0 saturated carbocycles. The molecule has 0 aliphatic rings. The minimum Gasteiger partial charge on any atom is -0.376 e. The Labute approximate surface area is 115 Å². The van der Waals surface area contributed by atoms with Crippen molar-refractivity contribution in [2.75, 3.05) is 5.32 Å². The molecule has 1 heterocycles. The highest BCUT2D eigenvalue weighted by atomic mass is 19.1. The molecule has 0 fully saturated rings. The fourth-order valence-electron chi connectivity index (χ4n) is 1.83. The van der Waals surface area contributed by atoms with Gasteiger partial charge in [-0.2, -0.15) is 5.10 Å². The van der Waals surface area contributed by atoms with Gasteiger partial charge in [-0.05, 0) is 19.9 Å². The van der Waals surface area contributed by atoms with E-state index >= 15 is 0 Å². The average Bonchev–Trinajstić information content (AvgIpc) is 2.89. The zero-order valence-electron chi connectivity index (χ0n) is 11.2. The molecule has 1 unspecified atom stereocenters. The highest BCUT2D eigenvalue weighted by molar-refractivity contribution is 5.53. The van der Waals surface area contributed by atoms with E-state index in [4.69, 9.17) is 0 Å². The van der Waals surface area contributed by atoms with Crippen molar-refractivity contribution in [2.45, 2.75) is 26.4 Å². The lowest BCUT2D eigenvalue weighted by Crippen LogP contribution is -2.07. The quantitative estimate of drug-likeness (QED) is 0.673. The van der Waals surface area contributed by atoms with E-state index in [2.05, 4.69) is 10.4 Å². The molecule has 2 aromatic rings. The second-order valence-electron chi connectivity index (χ2n) is 4.42. The fourth-order valence-corrected chi connectivity index (χ4v) is 1.83. The molecular formula is C13H15FN4O2. The third kappa shape index (κ3) is 2.93. The van der Waals surface area contributed by atoms with Crippen LogP contribution in [0.25, 0.3) is 0 Å². The molecule has 2 rings (SSSR count). The molecule has 1 atom stereocenters. The molecule has 1 aromatic heterocycles. The van der Waals surface area contributed by atoms with Crippen LogP contribution in [0.1, 0.15) is 25.5 Å². The summed E-state index contributed by atoms with van der Waals surface area (Å²) in [6.07, 6.45) is 3.54. The first-order valence-corrected chi connectivity index (χ1v) is 6.24. The van der Waals surface area contributed by atoms with Gasteiger partial charge in [-0.1, -0.05) is 0 Å². The Morgan fingerprint density at radius 2 is 2.30 bits per heavy atom. The van der Waals surface area contributed by atoms with Gasteiger partial charge in [0.1, 0.15) is 5.82 Å². The van der Waals surface area contributed by atoms with E-state index in [1.807, 2.05) is 20.0 Å². The Kier molecular flexibility index (Phi) is 3.97. The zero-order chi connectivity index (χ0) is 14.7. The van der Waals surface area contributed by atoms with Crippen LogP contribution in [0.5, 0.6) is 0 Å². The lowest BCUT2D eigenvalue weighted by Gasteiger charge is -2.14. The van der Waals surface area contributed by atoms with E-state index in [-0.39, 0.29) is 17.4 Å². The van der Waals surface area contributed by atoms with Gasteiger partial charge in [-0.25, -0.2) is 4.39 Å². The van der Waals surface area contributed by atoms with E-state index in [9.17, 15) is 14.5 Å². The Balaban J connectivity index is 2.20. The molecule has 0 amide bonds. The summed E-state index contributed by atoms with van der Waals surface area (Å²) in [4.78, 5) is 10.2. The number of halogens is 1. The standard InChI is InChI=1S/C13H15FN4O2/c1-3-17-8-10(7-15-17)9(2)16-13-6-11(18(19)20)4-5-12(13)14/h4-9,16H,3H2,1-2H3. The first-order valence-electron chi connectivity index (χ1n) is 6.24. The van der Waals surface area contributed by atoms with Gasteiger partial charge in [0.05, 0.1) is 22.8 Å². The van der Waals surface area contributed by atoms with Crippen molar-refractivity contribution in [2.24, 2.45) is 0 Å². The number of aryl methyl sites for hydroxylation is 1. The number of nitrogens with one attached hydrogen (secondary N) is 1. The van der Waals surface area contributed by atoms with Gasteiger partial charge < -0.3 is 5.32 Å². The number of aromatic nitrogens is 2. The van der Waals surface area contributed by atoms with Crippen LogP contribution in [0.4, 0.5) is 15.8 Å². The second kappa shape index (κ2) is 5.68. The molecule has 0 spiro atoms. The van der Waals surface area contributed by atoms with Gasteiger partial charge in [0.2, 0.25) is 0 Å². The van der Waals surface area contributed by atoms with E-state index in [1.165, 1.54) is 6.07 Å². The van der Waals surface area contributed by atoms with Crippen LogP contribution in [0.2, 0.25) is 0 Å². The molecule has 0 bridgehead atoms. The van der Waals surface area contributed by atoms with Gasteiger partial charge in [-0.3, -0.25) is 14.8 Å². The van der Waals surface area contributed by atoms with Crippen LogP contribution in [0.15, 0.2) is 30.6 Å². The number of hydrogen-bond donors (Lipinski definition) is 1. The Bertz CT molecular complexity index is 627. The van der Waals surface area contributed by atoms with Gasteiger partial charge in [0, 0.05) is 30.4 Å². The van der Waals surface area contributed by atoms with Crippen molar-refractivity contribution in [3.05, 3.63) is 52.1 Å². The van der Waals surface area contributed by atoms with Crippen molar-refractivity contribution in [1.82, 2.24) is 9.78 Å². The lowest BCUT2D eigenvalue weighted by atomic mass is 10.1. The maximum absolute atomic E-state index is 13.7. The van der Waals surface area contributed by atoms with Crippen molar-refractivity contribution >= 4 is 11.4 Å². The third-order valence-corrected chi connectivity index (χ3v) is 3.01. The van der Waals surface area contributed by atoms with Gasteiger partial charge in [0.15, 0.2) is 0 Å². The predicted molar refractivity (Wildman–Crippen MR) is 73.0 cm³/mol. The van der Waals surface area contributed by atoms with Gasteiger partial charge in [-0.15, -0.1) is 0 Å². The van der Waals surface area contributed by atoms with Crippen LogP contribution < -0.4 is 5.32 Å². The summed E-state index contributed by atoms with van der Waals surface area (Å²) in [5.74, 6) is -0.523. The summed E-state index contributed by atoms with van der Waals surface area (Å²) in [5.41, 5.74) is 0.846. The van der Waals surface area contributed by atoms with Crippen molar-refractivity contribution in [3.8, 4) is 0 Å². The van der Waals surface area contributed by atoms with Crippen LogP contribution in [-0.2, 0) is 6.54 Å². The molecule has 7 heteroatoms. The van der Waals surface area contributed by atoms with Crippen LogP contribution in [-0.4, -0.2) is 14.7 Å². The number of anilines is 1. The third-order valence-electron chi connectivity index (χ3n) is 3.01. The first kappa shape index (κ1) is 14.0. The zero-order valence-corrected chi connectivity index (χ0v) is 11.2. The molecule has 0 aliphatic carbocycles. The maximum Gasteiger partial charge on any atom is 0.271 e. The summed E-state index contributed by atoms with van der Waals surface area (Å²) in [5, 5.41) is 17.8. The molecule has 20 heavy (non-hydrogen) atoms. The largest absolute Gasteiger partial charge is 0.376 e. The molecule has 0 saturated heterocycles. The SMILES string of the molecule is CCn1cc(C(C)Nc2cc([N+](=O)[O-])ccc2F)cn1. The molecule has 106 valence electrons. The molecule has 1 aromatic carbocycles. The fraction of sp³-hybridized carbons (Fsp3) is 0.308. The summed E-state index contributed by atoms with van der Waals surface area (Å²) < 4.78 is 15.4. The van der Waals surface area contributed by atoms with Crippen molar-refractivity contribution in [3.63, 3.8) is 0 Å². The average molecular weight is 278 g/mol. The number of benzene rings is 1. The van der Waals surface area contributed by atoms with E-state index in [0.29, 0.717) is 0 Å². The molecule has 6 nitrogen and oxygen atoms in total. The number of hydrogen-bond acceptors (Lipinski definition) is 4. The number of nitrogens with zero attached hydrogens (tertiary/aromatic N) is 3. The van der Waals surface area contributed by atoms with Crippen LogP contribution in [0.3, 0.4) is 0 Å². The van der Waals surface area contributed by atoms with Gasteiger partial charge in [0.25, 0.3) is 5.69 Å². The van der Waals surface area contributed by atoms with Crippen molar-refractivity contribution in [1.29, 1.82) is 0 Å². The van der Waals surface area contributed by atoms with Crippen LogP contribution in [0, 0.1) is 15.9 Å². The molecular weight excluding hydrogens is 263 g/mol. The minimum atomic E-state index is -0.551. The van der Waals surface area contributed by atoms with E-state index in [0.717, 1.165) is 24.2 Å². The van der Waals surface area contributed by atoms with Gasteiger partial charge >= 0.3 is 0 Å². The van der Waals surface area contributed by atoms with Crippen molar-refractivity contribution < 1.29 is 9.31 Å². The topological polar surface area (TPSA) is 73.0 Å². The second-order valence-corrected chi connectivity index (χ2v) is 4.42.